The highest BCUT2D eigenvalue weighted by Crippen LogP contribution is 2.32. The van der Waals surface area contributed by atoms with Crippen molar-refractivity contribution in [3.05, 3.63) is 53.6 Å². The molecular formula is C19H16N2O5S2. The van der Waals surface area contributed by atoms with Crippen LogP contribution in [0.4, 0.5) is 5.13 Å². The fraction of sp³-hybridized carbons (Fsp3) is 0.211. The quantitative estimate of drug-likeness (QED) is 0.659. The molecule has 0 bridgehead atoms. The highest BCUT2D eigenvalue weighted by Gasteiger charge is 2.42. The molecule has 28 heavy (non-hydrogen) atoms. The molecule has 1 aliphatic rings. The second-order valence-electron chi connectivity index (χ2n) is 6.83. The lowest BCUT2D eigenvalue weighted by Crippen LogP contribution is -2.48. The molecule has 1 atom stereocenters. The molecule has 0 fully saturated rings. The number of thiazole rings is 1. The molecule has 4 rings (SSSR count). The number of carbonyl (C=O) groups is 2. The lowest BCUT2D eigenvalue weighted by molar-refractivity contribution is -0.134. The highest BCUT2D eigenvalue weighted by atomic mass is 32.2. The topological polar surface area (TPSA) is 102 Å². The van der Waals surface area contributed by atoms with E-state index in [2.05, 4.69) is 10.3 Å². The molecule has 0 unspecified atom stereocenters. The molecule has 2 aromatic carbocycles. The molecule has 0 saturated heterocycles. The van der Waals surface area contributed by atoms with E-state index in [0.29, 0.717) is 20.9 Å². The summed E-state index contributed by atoms with van der Waals surface area (Å²) in [6.07, 6.45) is 1.39. The third-order valence-electron chi connectivity index (χ3n) is 4.57. The van der Waals surface area contributed by atoms with Crippen molar-refractivity contribution >= 4 is 48.4 Å². The molecule has 9 heteroatoms. The summed E-state index contributed by atoms with van der Waals surface area (Å²) in [5.74, 6) is -1.03. The number of nitrogens with zero attached hydrogens (tertiary/aromatic N) is 1. The zero-order valence-corrected chi connectivity index (χ0v) is 16.7. The Hall–Kier alpha value is -2.78. The van der Waals surface area contributed by atoms with Crippen LogP contribution in [0.3, 0.4) is 0 Å². The van der Waals surface area contributed by atoms with Crippen LogP contribution >= 0.6 is 11.3 Å². The van der Waals surface area contributed by atoms with Gasteiger partial charge in [-0.05, 0) is 36.8 Å². The molecule has 0 radical (unpaired) electrons. The van der Waals surface area contributed by atoms with Gasteiger partial charge in [0.25, 0.3) is 5.91 Å². The van der Waals surface area contributed by atoms with Crippen molar-refractivity contribution in [2.75, 3.05) is 11.6 Å². The predicted molar refractivity (Wildman–Crippen MR) is 105 cm³/mol. The second kappa shape index (κ2) is 6.39. The zero-order chi connectivity index (χ0) is 20.1. The number of benzene rings is 2. The van der Waals surface area contributed by atoms with Gasteiger partial charge in [-0.1, -0.05) is 29.5 Å². The van der Waals surface area contributed by atoms with Gasteiger partial charge in [0.2, 0.25) is 0 Å². The normalized spacial score (nSPS) is 19.1. The summed E-state index contributed by atoms with van der Waals surface area (Å²) in [5, 5.41) is 3.00. The van der Waals surface area contributed by atoms with Gasteiger partial charge in [-0.2, -0.15) is 0 Å². The number of rotatable bonds is 3. The number of esters is 1. The molecule has 2 heterocycles. The van der Waals surface area contributed by atoms with E-state index >= 15 is 0 Å². The minimum Gasteiger partial charge on any atom is -0.445 e. The molecule has 144 valence electrons. The summed E-state index contributed by atoms with van der Waals surface area (Å²) in [4.78, 5) is 29.6. The number of ether oxygens (including phenoxy) is 1. The lowest BCUT2D eigenvalue weighted by Gasteiger charge is -2.32. The summed E-state index contributed by atoms with van der Waals surface area (Å²) in [6, 6.07) is 11.6. The molecular weight excluding hydrogens is 400 g/mol. The van der Waals surface area contributed by atoms with Gasteiger partial charge in [-0.25, -0.2) is 18.2 Å². The Bertz CT molecular complexity index is 1230. The van der Waals surface area contributed by atoms with Gasteiger partial charge < -0.3 is 4.74 Å². The molecule has 1 amide bonds. The Labute approximate surface area is 165 Å². The smallest absolute Gasteiger partial charge is 0.339 e. The number of hydrogen-bond donors (Lipinski definition) is 1. The summed E-state index contributed by atoms with van der Waals surface area (Å²) < 4.78 is 29.5. The lowest BCUT2D eigenvalue weighted by atomic mass is 9.89. The van der Waals surface area contributed by atoms with Gasteiger partial charge in [0.05, 0.1) is 20.7 Å². The Morgan fingerprint density at radius 2 is 2.00 bits per heavy atom. The van der Waals surface area contributed by atoms with Gasteiger partial charge in [0, 0.05) is 12.7 Å². The first-order chi connectivity index (χ1) is 13.2. The van der Waals surface area contributed by atoms with Crippen molar-refractivity contribution in [3.63, 3.8) is 0 Å². The van der Waals surface area contributed by atoms with E-state index in [4.69, 9.17) is 4.74 Å². The monoisotopic (exact) mass is 416 g/mol. The number of anilines is 1. The average molecular weight is 416 g/mol. The standard InChI is InChI=1S/C19H16N2O5S2/c1-19(10-11-5-3-4-6-13(11)16(22)26-19)17(23)21-18-20-14-8-7-12(28(2,24)25)9-15(14)27-18/h3-9H,10H2,1-2H3,(H,20,21,23)/t19-/m0/s1. The first kappa shape index (κ1) is 18.6. The van der Waals surface area contributed by atoms with Crippen LogP contribution in [0.25, 0.3) is 10.2 Å². The van der Waals surface area contributed by atoms with Crippen molar-refractivity contribution in [2.24, 2.45) is 0 Å². The molecule has 1 N–H and O–H groups in total. The number of cyclic esters (lactones) is 1. The van der Waals surface area contributed by atoms with E-state index in [0.717, 1.165) is 23.2 Å². The highest BCUT2D eigenvalue weighted by molar-refractivity contribution is 7.90. The van der Waals surface area contributed by atoms with Crippen LogP contribution < -0.4 is 5.32 Å². The van der Waals surface area contributed by atoms with Crippen molar-refractivity contribution in [2.45, 2.75) is 23.8 Å². The molecule has 0 aliphatic carbocycles. The molecule has 0 saturated carbocycles. The SMILES string of the molecule is C[C@@]1(C(=O)Nc2nc3ccc(S(C)(=O)=O)cc3s2)Cc2ccccc2C(=O)O1. The Morgan fingerprint density at radius 3 is 2.75 bits per heavy atom. The second-order valence-corrected chi connectivity index (χ2v) is 9.88. The van der Waals surface area contributed by atoms with Crippen LogP contribution in [0, 0.1) is 0 Å². The van der Waals surface area contributed by atoms with E-state index in [1.54, 1.807) is 31.2 Å². The van der Waals surface area contributed by atoms with E-state index in [1.807, 2.05) is 6.07 Å². The van der Waals surface area contributed by atoms with Crippen LogP contribution in [0.5, 0.6) is 0 Å². The molecule has 1 aliphatic heterocycles. The summed E-state index contributed by atoms with van der Waals surface area (Å²) in [5.41, 5.74) is 0.421. The van der Waals surface area contributed by atoms with Crippen molar-refractivity contribution in [1.29, 1.82) is 0 Å². The van der Waals surface area contributed by atoms with Gasteiger partial charge >= 0.3 is 5.97 Å². The Balaban J connectivity index is 1.61. The van der Waals surface area contributed by atoms with Gasteiger partial charge in [-0.15, -0.1) is 0 Å². The van der Waals surface area contributed by atoms with Gasteiger partial charge in [0.15, 0.2) is 20.6 Å². The minimum atomic E-state index is -3.34. The van der Waals surface area contributed by atoms with Crippen molar-refractivity contribution in [3.8, 4) is 0 Å². The van der Waals surface area contributed by atoms with E-state index < -0.39 is 27.3 Å². The third-order valence-corrected chi connectivity index (χ3v) is 6.62. The molecule has 1 aromatic heterocycles. The van der Waals surface area contributed by atoms with Crippen LogP contribution in [0.15, 0.2) is 47.4 Å². The van der Waals surface area contributed by atoms with E-state index in [1.165, 1.54) is 12.1 Å². The number of sulfone groups is 1. The number of amides is 1. The number of aromatic nitrogens is 1. The van der Waals surface area contributed by atoms with E-state index in [9.17, 15) is 18.0 Å². The molecule has 0 spiro atoms. The van der Waals surface area contributed by atoms with Crippen molar-refractivity contribution in [1.82, 2.24) is 4.98 Å². The van der Waals surface area contributed by atoms with Gasteiger partial charge in [0.1, 0.15) is 0 Å². The fourth-order valence-electron chi connectivity index (χ4n) is 3.08. The maximum Gasteiger partial charge on any atom is 0.339 e. The van der Waals surface area contributed by atoms with Crippen LogP contribution in [-0.2, 0) is 25.8 Å². The number of fused-ring (bicyclic) bond motifs is 2. The van der Waals surface area contributed by atoms with E-state index in [-0.39, 0.29) is 11.3 Å². The Morgan fingerprint density at radius 1 is 1.25 bits per heavy atom. The third kappa shape index (κ3) is 3.27. The minimum absolute atomic E-state index is 0.186. The summed E-state index contributed by atoms with van der Waals surface area (Å²) in [7, 11) is -3.34. The van der Waals surface area contributed by atoms with Crippen LogP contribution in [0.2, 0.25) is 0 Å². The molecule has 7 nitrogen and oxygen atoms in total. The van der Waals surface area contributed by atoms with Crippen LogP contribution in [-0.4, -0.2) is 37.1 Å². The number of hydrogen-bond acceptors (Lipinski definition) is 7. The first-order valence-electron chi connectivity index (χ1n) is 8.39. The Kier molecular flexibility index (Phi) is 4.24. The average Bonchev–Trinajstić information content (AvgIpc) is 3.02. The number of carbonyl (C=O) groups excluding carboxylic acids is 2. The largest absolute Gasteiger partial charge is 0.445 e. The zero-order valence-electron chi connectivity index (χ0n) is 15.1. The van der Waals surface area contributed by atoms with Gasteiger partial charge in [-0.3, -0.25) is 10.1 Å². The van der Waals surface area contributed by atoms with Crippen LogP contribution in [0.1, 0.15) is 22.8 Å². The fourth-order valence-corrected chi connectivity index (χ4v) is 4.70. The van der Waals surface area contributed by atoms with Crippen molar-refractivity contribution < 1.29 is 22.7 Å². The summed E-state index contributed by atoms with van der Waals surface area (Å²) in [6.45, 7) is 1.56. The predicted octanol–water partition coefficient (Wildman–Crippen LogP) is 2.81. The number of nitrogens with one attached hydrogen (secondary N) is 1. The molecule has 3 aromatic rings. The summed E-state index contributed by atoms with van der Waals surface area (Å²) >= 11 is 1.16. The first-order valence-corrected chi connectivity index (χ1v) is 11.1. The maximum atomic E-state index is 12.8. The maximum absolute atomic E-state index is 12.8.